The minimum atomic E-state index is -0.429. The number of rotatable bonds is 10. The topological polar surface area (TPSA) is 76.7 Å². The molecule has 0 spiro atoms. The summed E-state index contributed by atoms with van der Waals surface area (Å²) in [6.07, 6.45) is 0. The smallest absolute Gasteiger partial charge is 0.269 e. The number of hydrogen-bond donors (Lipinski definition) is 2. The predicted molar refractivity (Wildman–Crippen MR) is 112 cm³/mol. The van der Waals surface area contributed by atoms with Crippen molar-refractivity contribution in [3.8, 4) is 0 Å². The van der Waals surface area contributed by atoms with Gasteiger partial charge in [0.1, 0.15) is 6.54 Å². The number of nitro benzene ring substituents is 1. The van der Waals surface area contributed by atoms with E-state index < -0.39 is 4.92 Å². The first-order chi connectivity index (χ1) is 13.4. The molecule has 0 saturated carbocycles. The molecule has 0 aliphatic heterocycles. The molecule has 7 heteroatoms. The lowest BCUT2D eigenvalue weighted by atomic mass is 10.1. The molecular formula is C21H28N3O3S+. The number of carbonyl (C=O) groups is 1. The second kappa shape index (κ2) is 10.8. The van der Waals surface area contributed by atoms with Crippen LogP contribution in [0.1, 0.15) is 31.9 Å². The maximum absolute atomic E-state index is 12.5. The zero-order valence-corrected chi connectivity index (χ0v) is 17.4. The molecule has 1 amide bonds. The number of amides is 1. The summed E-state index contributed by atoms with van der Waals surface area (Å²) in [5.41, 5.74) is 2.45. The van der Waals surface area contributed by atoms with Crippen molar-refractivity contribution in [2.24, 2.45) is 0 Å². The molecule has 1 atom stereocenters. The normalized spacial score (nSPS) is 12.0. The highest BCUT2D eigenvalue weighted by molar-refractivity contribution is 8.00. The van der Waals surface area contributed by atoms with Crippen LogP contribution in [-0.4, -0.2) is 29.2 Å². The van der Waals surface area contributed by atoms with Gasteiger partial charge in [0.2, 0.25) is 5.91 Å². The van der Waals surface area contributed by atoms with Crippen molar-refractivity contribution >= 4 is 23.4 Å². The van der Waals surface area contributed by atoms with Gasteiger partial charge >= 0.3 is 0 Å². The Bertz CT molecular complexity index is 792. The molecule has 0 fully saturated rings. The van der Waals surface area contributed by atoms with E-state index in [0.29, 0.717) is 6.54 Å². The third kappa shape index (κ3) is 6.35. The molecule has 0 heterocycles. The lowest BCUT2D eigenvalue weighted by Gasteiger charge is -2.18. The largest absolute Gasteiger partial charge is 0.351 e. The Labute approximate surface area is 170 Å². The van der Waals surface area contributed by atoms with Gasteiger partial charge in [-0.15, -0.1) is 11.8 Å². The number of hydrogen-bond acceptors (Lipinski definition) is 4. The zero-order valence-electron chi connectivity index (χ0n) is 16.6. The van der Waals surface area contributed by atoms with Gasteiger partial charge in [0.15, 0.2) is 0 Å². The van der Waals surface area contributed by atoms with Gasteiger partial charge in [0.25, 0.3) is 5.69 Å². The van der Waals surface area contributed by atoms with Crippen LogP contribution in [0.3, 0.4) is 0 Å². The van der Waals surface area contributed by atoms with Crippen LogP contribution < -0.4 is 10.2 Å². The van der Waals surface area contributed by atoms with Crippen molar-refractivity contribution in [3.63, 3.8) is 0 Å². The summed E-state index contributed by atoms with van der Waals surface area (Å²) < 4.78 is 0. The molecule has 6 nitrogen and oxygen atoms in total. The van der Waals surface area contributed by atoms with E-state index in [9.17, 15) is 14.9 Å². The van der Waals surface area contributed by atoms with E-state index >= 15 is 0 Å². The maximum Gasteiger partial charge on any atom is 0.269 e. The Balaban J connectivity index is 1.93. The second-order valence-electron chi connectivity index (χ2n) is 6.63. The summed E-state index contributed by atoms with van der Waals surface area (Å²) in [6.45, 7) is 9.79. The van der Waals surface area contributed by atoms with Gasteiger partial charge < -0.3 is 10.2 Å². The van der Waals surface area contributed by atoms with Crippen LogP contribution in [0.2, 0.25) is 0 Å². The number of nitrogens with one attached hydrogen (secondary N) is 2. The molecule has 0 radical (unpaired) electrons. The Morgan fingerprint density at radius 2 is 1.71 bits per heavy atom. The van der Waals surface area contributed by atoms with E-state index in [1.165, 1.54) is 34.4 Å². The second-order valence-corrected chi connectivity index (χ2v) is 8.05. The van der Waals surface area contributed by atoms with Crippen LogP contribution in [0.25, 0.3) is 0 Å². The molecule has 28 heavy (non-hydrogen) atoms. The monoisotopic (exact) mass is 402 g/mol. The summed E-state index contributed by atoms with van der Waals surface area (Å²) in [5.74, 6) is -0.0478. The van der Waals surface area contributed by atoms with E-state index in [1.54, 1.807) is 12.1 Å². The average molecular weight is 403 g/mol. The summed E-state index contributed by atoms with van der Waals surface area (Å²) >= 11 is 1.39. The van der Waals surface area contributed by atoms with Crippen molar-refractivity contribution in [3.05, 3.63) is 69.8 Å². The van der Waals surface area contributed by atoms with Crippen LogP contribution in [0.4, 0.5) is 5.69 Å². The summed E-state index contributed by atoms with van der Waals surface area (Å²) in [4.78, 5) is 25.1. The van der Waals surface area contributed by atoms with Crippen molar-refractivity contribution < 1.29 is 14.6 Å². The van der Waals surface area contributed by atoms with E-state index in [1.807, 2.05) is 19.1 Å². The Morgan fingerprint density at radius 1 is 1.11 bits per heavy atom. The van der Waals surface area contributed by atoms with Crippen LogP contribution >= 0.6 is 11.8 Å². The first kappa shape index (κ1) is 21.9. The summed E-state index contributed by atoms with van der Waals surface area (Å²) in [5, 5.41) is 13.5. The molecule has 0 aliphatic carbocycles. The first-order valence-electron chi connectivity index (χ1n) is 9.53. The van der Waals surface area contributed by atoms with Crippen LogP contribution in [0.5, 0.6) is 0 Å². The quantitative estimate of drug-likeness (QED) is 0.364. The third-order valence-corrected chi connectivity index (χ3v) is 5.85. The van der Waals surface area contributed by atoms with E-state index in [2.05, 4.69) is 31.3 Å². The van der Waals surface area contributed by atoms with Gasteiger partial charge in [-0.1, -0.05) is 24.3 Å². The molecule has 2 N–H and O–H groups in total. The van der Waals surface area contributed by atoms with E-state index in [0.717, 1.165) is 30.1 Å². The van der Waals surface area contributed by atoms with Gasteiger partial charge in [-0.2, -0.15) is 0 Å². The van der Waals surface area contributed by atoms with Crippen molar-refractivity contribution in [2.75, 3.05) is 13.1 Å². The fourth-order valence-electron chi connectivity index (χ4n) is 2.90. The molecule has 0 aromatic heterocycles. The Kier molecular flexibility index (Phi) is 8.47. The molecular weight excluding hydrogens is 374 g/mol. The first-order valence-corrected chi connectivity index (χ1v) is 10.4. The van der Waals surface area contributed by atoms with Gasteiger partial charge in [0, 0.05) is 29.1 Å². The molecule has 0 bridgehead atoms. The fraction of sp³-hybridized carbons (Fsp3) is 0.381. The Hall–Kier alpha value is -2.38. The standard InChI is InChI=1S/C21H27N3O3S/c1-4-23(5-2)15-18-9-7-6-8-17(18)14-22-21(25)16(3)28-20-12-10-19(11-13-20)24(26)27/h6-13,16H,4-5,14-15H2,1-3H3,(H,22,25)/p+1/t16-/m1/s1. The van der Waals surface area contributed by atoms with Crippen molar-refractivity contribution in [2.45, 2.75) is 44.0 Å². The lowest BCUT2D eigenvalue weighted by molar-refractivity contribution is -0.910. The molecule has 2 aromatic carbocycles. The number of nitrogens with zero attached hydrogens (tertiary/aromatic N) is 1. The number of carbonyl (C=O) groups excluding carboxylic acids is 1. The lowest BCUT2D eigenvalue weighted by Crippen LogP contribution is -3.10. The van der Waals surface area contributed by atoms with Gasteiger partial charge in [-0.05, 0) is 38.5 Å². The highest BCUT2D eigenvalue weighted by atomic mass is 32.2. The van der Waals surface area contributed by atoms with Gasteiger partial charge in [0.05, 0.1) is 23.3 Å². The van der Waals surface area contributed by atoms with Crippen molar-refractivity contribution in [1.82, 2.24) is 5.32 Å². The molecule has 150 valence electrons. The highest BCUT2D eigenvalue weighted by Gasteiger charge is 2.16. The number of benzene rings is 2. The zero-order chi connectivity index (χ0) is 20.5. The molecule has 2 rings (SSSR count). The summed E-state index contributed by atoms with van der Waals surface area (Å²) in [7, 11) is 0. The number of nitro groups is 1. The third-order valence-electron chi connectivity index (χ3n) is 4.74. The predicted octanol–water partition coefficient (Wildman–Crippen LogP) is 2.82. The fourth-order valence-corrected chi connectivity index (χ4v) is 3.79. The molecule has 0 saturated heterocycles. The highest BCUT2D eigenvalue weighted by Crippen LogP contribution is 2.25. The van der Waals surface area contributed by atoms with Crippen LogP contribution in [0, 0.1) is 10.1 Å². The van der Waals surface area contributed by atoms with Gasteiger partial charge in [-0.3, -0.25) is 14.9 Å². The van der Waals surface area contributed by atoms with E-state index in [-0.39, 0.29) is 16.8 Å². The summed E-state index contributed by atoms with van der Waals surface area (Å²) in [6, 6.07) is 14.5. The molecule has 2 aromatic rings. The molecule has 0 unspecified atom stereocenters. The number of thioether (sulfide) groups is 1. The average Bonchev–Trinajstić information content (AvgIpc) is 2.71. The minimum Gasteiger partial charge on any atom is -0.351 e. The van der Waals surface area contributed by atoms with E-state index in [4.69, 9.17) is 0 Å². The minimum absolute atomic E-state index is 0.0478. The SMILES string of the molecule is CC[NH+](CC)Cc1ccccc1CNC(=O)[C@@H](C)Sc1ccc([N+](=O)[O-])cc1. The van der Waals surface area contributed by atoms with Crippen LogP contribution in [0.15, 0.2) is 53.4 Å². The van der Waals surface area contributed by atoms with Gasteiger partial charge in [-0.25, -0.2) is 0 Å². The number of non-ortho nitro benzene ring substituents is 1. The maximum atomic E-state index is 12.5. The molecule has 0 aliphatic rings. The Morgan fingerprint density at radius 3 is 2.29 bits per heavy atom. The van der Waals surface area contributed by atoms with Crippen LogP contribution in [-0.2, 0) is 17.9 Å². The number of quaternary nitrogens is 1. The van der Waals surface area contributed by atoms with Crippen molar-refractivity contribution in [1.29, 1.82) is 0 Å².